The molecule has 0 N–H and O–H groups in total. The Morgan fingerprint density at radius 2 is 1.67 bits per heavy atom. The molecule has 1 saturated heterocycles. The van der Waals surface area contributed by atoms with E-state index in [9.17, 15) is 0 Å². The molecule has 0 atom stereocenters. The van der Waals surface area contributed by atoms with Gasteiger partial charge in [-0.05, 0) is 49.4 Å². The summed E-state index contributed by atoms with van der Waals surface area (Å²) in [4.78, 5) is 14.8. The second kappa shape index (κ2) is 8.78. The Bertz CT molecular complexity index is 1420. The molecule has 0 radical (unpaired) electrons. The molecule has 7 rings (SSSR count). The van der Waals surface area contributed by atoms with E-state index >= 15 is 0 Å². The van der Waals surface area contributed by atoms with Gasteiger partial charge in [0.2, 0.25) is 6.79 Å². The van der Waals surface area contributed by atoms with Gasteiger partial charge < -0.3 is 14.4 Å². The summed E-state index contributed by atoms with van der Waals surface area (Å²) in [5.41, 5.74) is 6.31. The Kier molecular flexibility index (Phi) is 5.27. The number of rotatable bonds is 5. The van der Waals surface area contributed by atoms with Crippen molar-refractivity contribution in [3.63, 3.8) is 0 Å². The van der Waals surface area contributed by atoms with E-state index < -0.39 is 0 Å². The number of ether oxygens (including phenoxy) is 2. The molecule has 4 heterocycles. The fourth-order valence-electron chi connectivity index (χ4n) is 5.60. The van der Waals surface area contributed by atoms with E-state index in [1.807, 2.05) is 10.6 Å². The summed E-state index contributed by atoms with van der Waals surface area (Å²) in [6, 6.07) is 14.9. The van der Waals surface area contributed by atoms with Gasteiger partial charge in [0.25, 0.3) is 5.78 Å². The summed E-state index contributed by atoms with van der Waals surface area (Å²) in [6.45, 7) is 7.26. The fourth-order valence-corrected chi connectivity index (χ4v) is 5.60. The maximum Gasteiger partial charge on any atom is 0.254 e. The zero-order chi connectivity index (χ0) is 24.1. The van der Waals surface area contributed by atoms with Crippen LogP contribution >= 0.6 is 0 Å². The maximum absolute atomic E-state index is 5.56. The Morgan fingerprint density at radius 1 is 0.861 bits per heavy atom. The van der Waals surface area contributed by atoms with E-state index in [0.29, 0.717) is 6.79 Å². The monoisotopic (exact) mass is 482 g/mol. The van der Waals surface area contributed by atoms with Gasteiger partial charge in [-0.1, -0.05) is 35.9 Å². The van der Waals surface area contributed by atoms with E-state index in [0.717, 1.165) is 81.5 Å². The zero-order valence-electron chi connectivity index (χ0n) is 20.6. The molecular weight excluding hydrogens is 452 g/mol. The molecular formula is C28H30N6O2. The predicted molar refractivity (Wildman–Crippen MR) is 137 cm³/mol. The number of anilines is 1. The van der Waals surface area contributed by atoms with Crippen molar-refractivity contribution in [3.8, 4) is 11.5 Å². The van der Waals surface area contributed by atoms with Gasteiger partial charge in [0.15, 0.2) is 17.3 Å². The maximum atomic E-state index is 5.56. The van der Waals surface area contributed by atoms with Gasteiger partial charge in [-0.3, -0.25) is 4.90 Å². The Hall–Kier alpha value is -3.65. The number of fused-ring (bicyclic) bond motifs is 3. The van der Waals surface area contributed by atoms with Crippen molar-refractivity contribution in [3.05, 3.63) is 76.2 Å². The molecule has 0 unspecified atom stereocenters. The van der Waals surface area contributed by atoms with Crippen molar-refractivity contribution in [2.75, 3.05) is 37.9 Å². The minimum Gasteiger partial charge on any atom is -0.454 e. The van der Waals surface area contributed by atoms with Gasteiger partial charge in [-0.25, -0.2) is 4.98 Å². The standard InChI is InChI=1S/C28H30N6O2/c1-19-5-7-20(8-6-19)16-26-30-28-29-23-4-2-3-22(23)27(34(28)31-26)33-13-11-32(12-14-33)17-21-9-10-24-25(15-21)36-18-35-24/h5-10,15H,2-4,11-14,16-18H2,1H3. The lowest BCUT2D eigenvalue weighted by atomic mass is 10.1. The minimum absolute atomic E-state index is 0.317. The van der Waals surface area contributed by atoms with Crippen molar-refractivity contribution in [1.82, 2.24) is 24.5 Å². The van der Waals surface area contributed by atoms with Crippen LogP contribution in [0.3, 0.4) is 0 Å². The van der Waals surface area contributed by atoms with Crippen molar-refractivity contribution < 1.29 is 9.47 Å². The van der Waals surface area contributed by atoms with E-state index in [1.165, 1.54) is 33.8 Å². The molecule has 0 amide bonds. The van der Waals surface area contributed by atoms with Crippen LogP contribution in [0, 0.1) is 6.92 Å². The molecule has 184 valence electrons. The second-order valence-electron chi connectivity index (χ2n) is 10.1. The van der Waals surface area contributed by atoms with E-state index in [2.05, 4.69) is 53.1 Å². The lowest BCUT2D eigenvalue weighted by Gasteiger charge is -2.36. The van der Waals surface area contributed by atoms with Crippen molar-refractivity contribution >= 4 is 11.6 Å². The number of aromatic nitrogens is 4. The summed E-state index contributed by atoms with van der Waals surface area (Å²) >= 11 is 0. The molecule has 3 aliphatic rings. The fraction of sp³-hybridized carbons (Fsp3) is 0.393. The lowest BCUT2D eigenvalue weighted by Crippen LogP contribution is -2.47. The average Bonchev–Trinajstić information content (AvgIpc) is 3.63. The zero-order valence-corrected chi connectivity index (χ0v) is 20.6. The highest BCUT2D eigenvalue weighted by Crippen LogP contribution is 2.34. The molecule has 2 aromatic carbocycles. The van der Waals surface area contributed by atoms with Gasteiger partial charge in [0, 0.05) is 44.7 Å². The summed E-state index contributed by atoms with van der Waals surface area (Å²) in [5.74, 6) is 4.47. The molecule has 0 saturated carbocycles. The van der Waals surface area contributed by atoms with Gasteiger partial charge >= 0.3 is 0 Å². The number of hydrogen-bond acceptors (Lipinski definition) is 7. The quantitative estimate of drug-likeness (QED) is 0.431. The number of benzene rings is 2. The predicted octanol–water partition coefficient (Wildman–Crippen LogP) is 3.56. The molecule has 4 aromatic rings. The summed E-state index contributed by atoms with van der Waals surface area (Å²) in [7, 11) is 0. The van der Waals surface area contributed by atoms with E-state index in [-0.39, 0.29) is 0 Å². The SMILES string of the molecule is Cc1ccc(Cc2nc3nc4c(c(N5CCN(Cc6ccc7c(c6)OCO7)CC5)n3n2)CCC4)cc1. The average molecular weight is 483 g/mol. The Morgan fingerprint density at radius 3 is 2.53 bits per heavy atom. The summed E-state index contributed by atoms with van der Waals surface area (Å²) in [6.07, 6.45) is 3.97. The molecule has 36 heavy (non-hydrogen) atoms. The molecule has 1 fully saturated rings. The summed E-state index contributed by atoms with van der Waals surface area (Å²) in [5, 5.41) is 4.97. The van der Waals surface area contributed by atoms with Crippen molar-refractivity contribution in [2.24, 2.45) is 0 Å². The first-order valence-corrected chi connectivity index (χ1v) is 12.9. The van der Waals surface area contributed by atoms with Gasteiger partial charge in [0.1, 0.15) is 5.82 Å². The highest BCUT2D eigenvalue weighted by molar-refractivity contribution is 5.57. The molecule has 2 aliphatic heterocycles. The van der Waals surface area contributed by atoms with Crippen LogP contribution in [0.5, 0.6) is 11.5 Å². The van der Waals surface area contributed by atoms with Gasteiger partial charge in [-0.15, -0.1) is 5.10 Å². The smallest absolute Gasteiger partial charge is 0.254 e. The van der Waals surface area contributed by atoms with Crippen LogP contribution in [0.2, 0.25) is 0 Å². The number of piperazine rings is 1. The van der Waals surface area contributed by atoms with Crippen LogP contribution in [-0.4, -0.2) is 57.5 Å². The molecule has 8 nitrogen and oxygen atoms in total. The second-order valence-corrected chi connectivity index (χ2v) is 10.1. The van der Waals surface area contributed by atoms with Crippen molar-refractivity contribution in [2.45, 2.75) is 39.2 Å². The van der Waals surface area contributed by atoms with E-state index in [1.54, 1.807) is 0 Å². The summed E-state index contributed by atoms with van der Waals surface area (Å²) < 4.78 is 13.0. The Balaban J connectivity index is 1.12. The topological polar surface area (TPSA) is 68.0 Å². The highest BCUT2D eigenvalue weighted by Gasteiger charge is 2.28. The largest absolute Gasteiger partial charge is 0.454 e. The molecule has 0 spiro atoms. The third-order valence-electron chi connectivity index (χ3n) is 7.53. The number of nitrogens with zero attached hydrogens (tertiary/aromatic N) is 6. The van der Waals surface area contributed by atoms with Crippen LogP contribution in [0.1, 0.15) is 40.2 Å². The van der Waals surface area contributed by atoms with E-state index in [4.69, 9.17) is 24.5 Å². The molecule has 0 bridgehead atoms. The molecule has 2 aromatic heterocycles. The first-order chi connectivity index (χ1) is 17.7. The van der Waals surface area contributed by atoms with Crippen LogP contribution in [0.4, 0.5) is 5.82 Å². The first-order valence-electron chi connectivity index (χ1n) is 12.9. The van der Waals surface area contributed by atoms with Crippen LogP contribution in [0.15, 0.2) is 42.5 Å². The van der Waals surface area contributed by atoms with Crippen LogP contribution in [0.25, 0.3) is 5.78 Å². The van der Waals surface area contributed by atoms with Crippen LogP contribution in [-0.2, 0) is 25.8 Å². The van der Waals surface area contributed by atoms with Crippen LogP contribution < -0.4 is 14.4 Å². The molecule has 8 heteroatoms. The van der Waals surface area contributed by atoms with Gasteiger partial charge in [-0.2, -0.15) is 9.50 Å². The number of hydrogen-bond donors (Lipinski definition) is 0. The first kappa shape index (κ1) is 21.6. The lowest BCUT2D eigenvalue weighted by molar-refractivity contribution is 0.174. The van der Waals surface area contributed by atoms with Crippen molar-refractivity contribution in [1.29, 1.82) is 0 Å². The third-order valence-corrected chi connectivity index (χ3v) is 7.53. The number of aryl methyl sites for hydroxylation is 2. The highest BCUT2D eigenvalue weighted by atomic mass is 16.7. The normalized spacial score (nSPS) is 17.2. The molecule has 1 aliphatic carbocycles. The minimum atomic E-state index is 0.317. The third kappa shape index (κ3) is 3.95. The Labute approximate surface area is 210 Å². The van der Waals surface area contributed by atoms with Gasteiger partial charge in [0.05, 0.1) is 5.69 Å².